The molecule has 1 N–H and O–H groups in total. The number of nitrogens with zero attached hydrogens (tertiary/aromatic N) is 1. The van der Waals surface area contributed by atoms with Crippen molar-refractivity contribution in [3.63, 3.8) is 0 Å². The van der Waals surface area contributed by atoms with Crippen LogP contribution in [0.4, 0.5) is 0 Å². The van der Waals surface area contributed by atoms with E-state index in [1.54, 1.807) is 0 Å². The smallest absolute Gasteiger partial charge is 0.323 e. The van der Waals surface area contributed by atoms with Crippen LogP contribution in [0.3, 0.4) is 0 Å². The molecule has 1 amide bonds. The van der Waals surface area contributed by atoms with Crippen molar-refractivity contribution in [1.82, 2.24) is 4.90 Å². The van der Waals surface area contributed by atoms with Gasteiger partial charge in [0.1, 0.15) is 11.8 Å². The molecule has 0 bridgehead atoms. The summed E-state index contributed by atoms with van der Waals surface area (Å²) >= 11 is 0. The molecular formula is C13H21NO6S. The minimum Gasteiger partial charge on any atom is -0.480 e. The molecule has 0 aromatic heterocycles. The number of amides is 1. The topological polar surface area (TPSA) is 101 Å². The molecule has 7 nitrogen and oxygen atoms in total. The number of hydrogen-bond acceptors (Lipinski definition) is 5. The van der Waals surface area contributed by atoms with Crippen LogP contribution in [0.15, 0.2) is 0 Å². The lowest BCUT2D eigenvalue weighted by molar-refractivity contribution is -0.144. The van der Waals surface area contributed by atoms with Gasteiger partial charge < -0.3 is 14.7 Å². The number of hydrogen-bond donors (Lipinski definition) is 1. The summed E-state index contributed by atoms with van der Waals surface area (Å²) in [5.41, 5.74) is 0. The zero-order valence-corrected chi connectivity index (χ0v) is 12.8. The molecule has 2 aliphatic rings. The molecule has 0 aromatic carbocycles. The van der Waals surface area contributed by atoms with Gasteiger partial charge in [0.2, 0.25) is 5.91 Å². The second-order valence-electron chi connectivity index (χ2n) is 5.63. The highest BCUT2D eigenvalue weighted by atomic mass is 32.2. The van der Waals surface area contributed by atoms with Crippen LogP contribution in [-0.2, 0) is 24.2 Å². The summed E-state index contributed by atoms with van der Waals surface area (Å²) < 4.78 is 30.2. The molecule has 1 heterocycles. The highest BCUT2D eigenvalue weighted by Gasteiger charge is 2.42. The van der Waals surface area contributed by atoms with E-state index in [1.165, 1.54) is 11.8 Å². The van der Waals surface area contributed by atoms with Gasteiger partial charge in [0.25, 0.3) is 0 Å². The lowest BCUT2D eigenvalue weighted by Gasteiger charge is -2.28. The fourth-order valence-electron chi connectivity index (χ4n) is 2.59. The Labute approximate surface area is 124 Å². The van der Waals surface area contributed by atoms with E-state index in [2.05, 4.69) is 0 Å². The third-order valence-corrected chi connectivity index (χ3v) is 6.64. The van der Waals surface area contributed by atoms with Gasteiger partial charge in [-0.15, -0.1) is 0 Å². The maximum atomic E-state index is 12.5. The van der Waals surface area contributed by atoms with E-state index in [-0.39, 0.29) is 6.04 Å². The molecule has 0 spiro atoms. The van der Waals surface area contributed by atoms with Gasteiger partial charge in [-0.2, -0.15) is 0 Å². The predicted molar refractivity (Wildman–Crippen MR) is 74.6 cm³/mol. The van der Waals surface area contributed by atoms with E-state index in [9.17, 15) is 18.0 Å². The molecule has 0 radical (unpaired) electrons. The molecule has 1 aliphatic heterocycles. The highest BCUT2D eigenvalue weighted by molar-refractivity contribution is 7.93. The van der Waals surface area contributed by atoms with Crippen LogP contribution in [0.25, 0.3) is 0 Å². The Balaban J connectivity index is 2.10. The van der Waals surface area contributed by atoms with E-state index in [4.69, 9.17) is 9.84 Å². The molecule has 1 unspecified atom stereocenters. The van der Waals surface area contributed by atoms with Crippen LogP contribution in [0.2, 0.25) is 0 Å². The van der Waals surface area contributed by atoms with Gasteiger partial charge in [-0.1, -0.05) is 0 Å². The average molecular weight is 319 g/mol. The summed E-state index contributed by atoms with van der Waals surface area (Å²) in [5, 5.41) is 7.12. The Morgan fingerprint density at radius 1 is 1.24 bits per heavy atom. The quantitative estimate of drug-likeness (QED) is 0.742. The molecule has 0 aromatic rings. The van der Waals surface area contributed by atoms with Crippen LogP contribution in [-0.4, -0.2) is 66.6 Å². The van der Waals surface area contributed by atoms with Crippen LogP contribution in [0, 0.1) is 0 Å². The number of carboxylic acids is 1. The monoisotopic (exact) mass is 319 g/mol. The van der Waals surface area contributed by atoms with Crippen LogP contribution in [0.1, 0.15) is 32.6 Å². The molecule has 1 aliphatic carbocycles. The lowest BCUT2D eigenvalue weighted by atomic mass is 10.2. The first-order valence-corrected chi connectivity index (χ1v) is 8.77. The Morgan fingerprint density at radius 2 is 1.81 bits per heavy atom. The number of ether oxygens (including phenoxy) is 1. The number of sulfone groups is 1. The molecule has 1 atom stereocenters. The van der Waals surface area contributed by atoms with Gasteiger partial charge in [-0.3, -0.25) is 9.59 Å². The van der Waals surface area contributed by atoms with Crippen LogP contribution in [0.5, 0.6) is 0 Å². The second-order valence-corrected chi connectivity index (χ2v) is 8.19. The van der Waals surface area contributed by atoms with Crippen molar-refractivity contribution in [2.45, 2.75) is 49.1 Å². The highest BCUT2D eigenvalue weighted by Crippen LogP contribution is 2.29. The van der Waals surface area contributed by atoms with E-state index in [0.29, 0.717) is 26.1 Å². The van der Waals surface area contributed by atoms with Gasteiger partial charge in [0.05, 0.1) is 5.25 Å². The molecule has 120 valence electrons. The third kappa shape index (κ3) is 3.74. The van der Waals surface area contributed by atoms with Crippen molar-refractivity contribution in [2.24, 2.45) is 0 Å². The molecular weight excluding hydrogens is 298 g/mol. The van der Waals surface area contributed by atoms with Crippen molar-refractivity contribution in [1.29, 1.82) is 0 Å². The summed E-state index contributed by atoms with van der Waals surface area (Å²) in [6.45, 7) is 1.69. The zero-order valence-electron chi connectivity index (χ0n) is 12.0. The predicted octanol–water partition coefficient (Wildman–Crippen LogP) is 0.0443. The second kappa shape index (κ2) is 6.31. The lowest BCUT2D eigenvalue weighted by Crippen LogP contribution is -2.48. The minimum absolute atomic E-state index is 0.124. The number of aliphatic carboxylic acids is 1. The Morgan fingerprint density at radius 3 is 2.29 bits per heavy atom. The fourth-order valence-corrected chi connectivity index (χ4v) is 4.43. The number of carbonyl (C=O) groups excluding carboxylic acids is 1. The van der Waals surface area contributed by atoms with Crippen molar-refractivity contribution >= 4 is 21.7 Å². The van der Waals surface area contributed by atoms with E-state index >= 15 is 0 Å². The normalized spacial score (nSPS) is 21.8. The van der Waals surface area contributed by atoms with Gasteiger partial charge in [0.15, 0.2) is 9.84 Å². The van der Waals surface area contributed by atoms with Gasteiger partial charge >= 0.3 is 5.97 Å². The summed E-state index contributed by atoms with van der Waals surface area (Å²) in [4.78, 5) is 24.5. The van der Waals surface area contributed by atoms with Crippen molar-refractivity contribution in [3.8, 4) is 0 Å². The maximum absolute atomic E-state index is 12.5. The Bertz CT molecular complexity index is 507. The van der Waals surface area contributed by atoms with Crippen molar-refractivity contribution in [2.75, 3.05) is 19.8 Å². The maximum Gasteiger partial charge on any atom is 0.323 e. The molecule has 1 saturated heterocycles. The van der Waals surface area contributed by atoms with Crippen LogP contribution < -0.4 is 0 Å². The number of carboxylic acid groups (broad SMARTS) is 1. The first-order chi connectivity index (χ1) is 9.84. The minimum atomic E-state index is -3.61. The molecule has 2 fully saturated rings. The molecule has 8 heteroatoms. The summed E-state index contributed by atoms with van der Waals surface area (Å²) in [6, 6.07) is -0.124. The SMILES string of the molecule is CC(C(=O)N(CC(=O)O)C1CC1)S(=O)(=O)C1CCOCC1. The Hall–Kier alpha value is -1.15. The van der Waals surface area contributed by atoms with Gasteiger partial charge in [0, 0.05) is 19.3 Å². The fraction of sp³-hybridized carbons (Fsp3) is 0.846. The summed E-state index contributed by atoms with van der Waals surface area (Å²) in [5.74, 6) is -1.71. The molecule has 21 heavy (non-hydrogen) atoms. The Kier molecular flexibility index (Phi) is 4.88. The molecule has 1 saturated carbocycles. The first kappa shape index (κ1) is 16.2. The van der Waals surface area contributed by atoms with Gasteiger partial charge in [-0.05, 0) is 32.6 Å². The summed E-state index contributed by atoms with van der Waals surface area (Å²) in [7, 11) is -3.61. The van der Waals surface area contributed by atoms with Gasteiger partial charge in [-0.25, -0.2) is 8.42 Å². The van der Waals surface area contributed by atoms with Crippen LogP contribution >= 0.6 is 0 Å². The van der Waals surface area contributed by atoms with Crippen molar-refractivity contribution in [3.05, 3.63) is 0 Å². The zero-order chi connectivity index (χ0) is 15.6. The molecule has 2 rings (SSSR count). The van der Waals surface area contributed by atoms with E-state index < -0.39 is 38.8 Å². The standard InChI is InChI=1S/C13H21NO6S/c1-9(21(18,19)11-4-6-20-7-5-11)13(17)14(8-12(15)16)10-2-3-10/h9-11H,2-8H2,1H3,(H,15,16). The number of rotatable bonds is 6. The van der Waals surface area contributed by atoms with Crippen molar-refractivity contribution < 1.29 is 27.9 Å². The summed E-state index contributed by atoms with van der Waals surface area (Å²) in [6.07, 6.45) is 2.26. The number of carbonyl (C=O) groups is 2. The third-order valence-electron chi connectivity index (χ3n) is 4.05. The largest absolute Gasteiger partial charge is 0.480 e. The van der Waals surface area contributed by atoms with E-state index in [0.717, 1.165) is 12.8 Å². The first-order valence-electron chi connectivity index (χ1n) is 7.16. The van der Waals surface area contributed by atoms with E-state index in [1.807, 2.05) is 0 Å². The average Bonchev–Trinajstić information content (AvgIpc) is 3.28.